The van der Waals surface area contributed by atoms with Crippen molar-refractivity contribution in [1.82, 2.24) is 20.9 Å². The lowest BCUT2D eigenvalue weighted by Gasteiger charge is -2.26. The third-order valence-corrected chi connectivity index (χ3v) is 5.95. The summed E-state index contributed by atoms with van der Waals surface area (Å²) in [5, 5.41) is 10.7. The van der Waals surface area contributed by atoms with Crippen molar-refractivity contribution in [2.75, 3.05) is 0 Å². The molecule has 7 heteroatoms. The molecule has 1 amide bonds. The molecule has 0 aliphatic heterocycles. The molecule has 0 spiro atoms. The number of rotatable bonds is 10. The summed E-state index contributed by atoms with van der Waals surface area (Å²) in [6.45, 7) is 4.59. The van der Waals surface area contributed by atoms with Crippen molar-refractivity contribution < 1.29 is 9.59 Å². The van der Waals surface area contributed by atoms with Crippen LogP contribution in [-0.4, -0.2) is 34.4 Å². The average Bonchev–Trinajstić information content (AvgIpc) is 3.23. The van der Waals surface area contributed by atoms with Crippen LogP contribution in [0.4, 0.5) is 0 Å². The molecule has 0 saturated heterocycles. The Labute approximate surface area is 194 Å². The van der Waals surface area contributed by atoms with E-state index in [0.717, 1.165) is 34.7 Å². The molecule has 1 heterocycles. The number of H-pyrrole nitrogens is 1. The Morgan fingerprint density at radius 1 is 1.09 bits per heavy atom. The third-order valence-electron chi connectivity index (χ3n) is 5.68. The molecule has 0 bridgehead atoms. The van der Waals surface area contributed by atoms with E-state index in [4.69, 9.17) is 12.2 Å². The van der Waals surface area contributed by atoms with Crippen molar-refractivity contribution in [3.63, 3.8) is 0 Å². The number of hydrogen-bond acceptors (Lipinski definition) is 3. The van der Waals surface area contributed by atoms with Gasteiger partial charge in [0.25, 0.3) is 0 Å². The summed E-state index contributed by atoms with van der Waals surface area (Å²) in [6.07, 6.45) is 3.89. The van der Waals surface area contributed by atoms with E-state index in [1.165, 1.54) is 0 Å². The minimum atomic E-state index is -0.624. The van der Waals surface area contributed by atoms with E-state index in [1.807, 2.05) is 74.6 Å². The van der Waals surface area contributed by atoms with Crippen LogP contribution in [0.3, 0.4) is 0 Å². The van der Waals surface area contributed by atoms with Crippen LogP contribution in [0.25, 0.3) is 10.9 Å². The third kappa shape index (κ3) is 6.17. The molecule has 0 unspecified atom stereocenters. The Hall–Kier alpha value is -3.19. The number of aromatic nitrogens is 1. The lowest BCUT2D eigenvalue weighted by molar-refractivity contribution is -0.126. The molecule has 6 nitrogen and oxygen atoms in total. The maximum atomic E-state index is 13.1. The van der Waals surface area contributed by atoms with E-state index in [-0.39, 0.29) is 11.8 Å². The molecule has 0 saturated carbocycles. The lowest BCUT2D eigenvalue weighted by Crippen LogP contribution is -2.55. The number of fused-ring (bicyclic) bond motifs is 1. The number of aromatic amines is 1. The number of para-hydroxylation sites is 1. The van der Waals surface area contributed by atoms with Gasteiger partial charge in [-0.2, -0.15) is 0 Å². The van der Waals surface area contributed by atoms with E-state index in [2.05, 4.69) is 20.9 Å². The number of nitrogens with one attached hydrogen (secondary N) is 4. The SMILES string of the molecule is CC[C@@H](C)[C@H](NC(=S)NCc1ccccc1)C(=O)N[C@H](C=O)Cc1c[nH]c2ccccc12. The monoisotopic (exact) mass is 450 g/mol. The highest BCUT2D eigenvalue weighted by Gasteiger charge is 2.27. The average molecular weight is 451 g/mol. The van der Waals surface area contributed by atoms with Gasteiger partial charge >= 0.3 is 0 Å². The summed E-state index contributed by atoms with van der Waals surface area (Å²) < 4.78 is 0. The van der Waals surface area contributed by atoms with E-state index in [1.54, 1.807) is 0 Å². The number of amides is 1. The van der Waals surface area contributed by atoms with Gasteiger partial charge in [-0.1, -0.05) is 68.8 Å². The topological polar surface area (TPSA) is 86.0 Å². The first-order valence-corrected chi connectivity index (χ1v) is 11.3. The molecule has 3 rings (SSSR count). The Morgan fingerprint density at radius 3 is 2.53 bits per heavy atom. The van der Waals surface area contributed by atoms with Gasteiger partial charge in [-0.25, -0.2) is 0 Å². The maximum Gasteiger partial charge on any atom is 0.243 e. The zero-order valence-electron chi connectivity index (χ0n) is 18.4. The minimum absolute atomic E-state index is 0.0341. The molecule has 168 valence electrons. The quantitative estimate of drug-likeness (QED) is 0.281. The van der Waals surface area contributed by atoms with Crippen molar-refractivity contribution in [2.45, 2.75) is 45.3 Å². The Morgan fingerprint density at radius 2 is 1.81 bits per heavy atom. The molecule has 2 aromatic carbocycles. The highest BCUT2D eigenvalue weighted by molar-refractivity contribution is 7.80. The Balaban J connectivity index is 1.62. The van der Waals surface area contributed by atoms with Gasteiger partial charge in [-0.3, -0.25) is 4.79 Å². The lowest BCUT2D eigenvalue weighted by atomic mass is 9.97. The van der Waals surface area contributed by atoms with Gasteiger partial charge < -0.3 is 25.7 Å². The summed E-state index contributed by atoms with van der Waals surface area (Å²) >= 11 is 5.43. The van der Waals surface area contributed by atoms with E-state index in [9.17, 15) is 9.59 Å². The van der Waals surface area contributed by atoms with Gasteiger partial charge in [0.1, 0.15) is 12.3 Å². The number of aldehydes is 1. The second-order valence-corrected chi connectivity index (χ2v) is 8.40. The van der Waals surface area contributed by atoms with E-state index in [0.29, 0.717) is 18.1 Å². The zero-order chi connectivity index (χ0) is 22.9. The highest BCUT2D eigenvalue weighted by atomic mass is 32.1. The van der Waals surface area contributed by atoms with Crippen molar-refractivity contribution in [3.8, 4) is 0 Å². The van der Waals surface area contributed by atoms with Gasteiger partial charge in [0.05, 0.1) is 6.04 Å². The first-order valence-electron chi connectivity index (χ1n) is 10.9. The second-order valence-electron chi connectivity index (χ2n) is 7.99. The van der Waals surface area contributed by atoms with Gasteiger partial charge in [0.2, 0.25) is 5.91 Å². The molecule has 3 atom stereocenters. The number of benzene rings is 2. The van der Waals surface area contributed by atoms with Crippen LogP contribution in [-0.2, 0) is 22.6 Å². The molecule has 1 aromatic heterocycles. The first kappa shape index (κ1) is 23.5. The van der Waals surface area contributed by atoms with Crippen LogP contribution < -0.4 is 16.0 Å². The minimum Gasteiger partial charge on any atom is -0.361 e. The second kappa shape index (κ2) is 11.4. The first-order chi connectivity index (χ1) is 15.5. The van der Waals surface area contributed by atoms with Crippen LogP contribution in [0.1, 0.15) is 31.4 Å². The number of hydrogen-bond donors (Lipinski definition) is 4. The molecular weight excluding hydrogens is 420 g/mol. The predicted octanol–water partition coefficient (Wildman–Crippen LogP) is 3.47. The molecule has 4 N–H and O–H groups in total. The normalized spacial score (nSPS) is 13.7. The van der Waals surface area contributed by atoms with Crippen molar-refractivity contribution >= 4 is 40.4 Å². The molecule has 0 aliphatic rings. The largest absolute Gasteiger partial charge is 0.361 e. The Bertz CT molecular complexity index is 1050. The van der Waals surface area contributed by atoms with E-state index >= 15 is 0 Å². The molecule has 0 fully saturated rings. The standard InChI is InChI=1S/C25H30N4O2S/c1-3-17(2)23(29-25(32)27-14-18-9-5-4-6-10-18)24(31)28-20(16-30)13-19-15-26-22-12-8-7-11-21(19)22/h4-12,15-17,20,23,26H,3,13-14H2,1-2H3,(H,28,31)(H2,27,29,32)/t17-,20+,23+/m1/s1. The van der Waals surface area contributed by atoms with Crippen LogP contribution in [0.15, 0.2) is 60.8 Å². The predicted molar refractivity (Wildman–Crippen MR) is 132 cm³/mol. The number of thiocarbonyl (C=S) groups is 1. The molecular formula is C25H30N4O2S. The summed E-state index contributed by atoms with van der Waals surface area (Å²) in [5.74, 6) is -0.202. The maximum absolute atomic E-state index is 13.1. The fraction of sp³-hybridized carbons (Fsp3) is 0.320. The molecule has 3 aromatic rings. The molecule has 32 heavy (non-hydrogen) atoms. The summed E-state index contributed by atoms with van der Waals surface area (Å²) in [5.41, 5.74) is 3.10. The van der Waals surface area contributed by atoms with Crippen molar-refractivity contribution in [2.24, 2.45) is 5.92 Å². The zero-order valence-corrected chi connectivity index (χ0v) is 19.2. The molecule has 0 aliphatic carbocycles. The van der Waals surface area contributed by atoms with Gasteiger partial charge in [-0.05, 0) is 35.3 Å². The summed E-state index contributed by atoms with van der Waals surface area (Å²) in [7, 11) is 0. The summed E-state index contributed by atoms with van der Waals surface area (Å²) in [6, 6.07) is 16.7. The molecule has 0 radical (unpaired) electrons. The fourth-order valence-electron chi connectivity index (χ4n) is 3.62. The smallest absolute Gasteiger partial charge is 0.243 e. The van der Waals surface area contributed by atoms with Crippen LogP contribution >= 0.6 is 12.2 Å². The number of carbonyl (C=O) groups excluding carboxylic acids is 2. The van der Waals surface area contributed by atoms with Crippen LogP contribution in [0.2, 0.25) is 0 Å². The van der Waals surface area contributed by atoms with Crippen LogP contribution in [0.5, 0.6) is 0 Å². The number of carbonyl (C=O) groups is 2. The van der Waals surface area contributed by atoms with Crippen LogP contribution in [0, 0.1) is 5.92 Å². The summed E-state index contributed by atoms with van der Waals surface area (Å²) in [4.78, 5) is 28.1. The van der Waals surface area contributed by atoms with Gasteiger partial charge in [0.15, 0.2) is 5.11 Å². The Kier molecular flexibility index (Phi) is 8.39. The van der Waals surface area contributed by atoms with Crippen molar-refractivity contribution in [3.05, 3.63) is 71.9 Å². The van der Waals surface area contributed by atoms with Crippen molar-refractivity contribution in [1.29, 1.82) is 0 Å². The highest BCUT2D eigenvalue weighted by Crippen LogP contribution is 2.19. The van der Waals surface area contributed by atoms with Gasteiger partial charge in [-0.15, -0.1) is 0 Å². The fourth-order valence-corrected chi connectivity index (χ4v) is 3.81. The van der Waals surface area contributed by atoms with Gasteiger partial charge in [0, 0.05) is 30.1 Å². The van der Waals surface area contributed by atoms with E-state index < -0.39 is 12.1 Å².